The lowest BCUT2D eigenvalue weighted by Crippen LogP contribution is -2.26. The molecule has 2 N–H and O–H groups in total. The molecule has 2 aromatic carbocycles. The van der Waals surface area contributed by atoms with E-state index in [4.69, 9.17) is 16.3 Å². The number of amides is 1. The number of rotatable bonds is 6. The molecule has 1 aromatic heterocycles. The highest BCUT2D eigenvalue weighted by Gasteiger charge is 2.18. The van der Waals surface area contributed by atoms with Crippen LogP contribution in [0, 0.1) is 0 Å². The topological polar surface area (TPSA) is 67.0 Å². The van der Waals surface area contributed by atoms with Crippen molar-refractivity contribution in [2.24, 2.45) is 0 Å². The maximum atomic E-state index is 12.1. The van der Waals surface area contributed by atoms with Crippen LogP contribution in [-0.2, 0) is 24.1 Å². The number of imidazole rings is 1. The van der Waals surface area contributed by atoms with Gasteiger partial charge in [0.25, 0.3) is 0 Å². The minimum absolute atomic E-state index is 0.0549. The van der Waals surface area contributed by atoms with Crippen molar-refractivity contribution in [3.8, 4) is 5.75 Å². The molecule has 1 aliphatic heterocycles. The lowest BCUT2D eigenvalue weighted by molar-refractivity contribution is -0.121. The number of aromatic nitrogens is 2. The summed E-state index contributed by atoms with van der Waals surface area (Å²) in [6.07, 6.45) is 3.05. The van der Waals surface area contributed by atoms with Crippen LogP contribution in [0.5, 0.6) is 5.75 Å². The summed E-state index contributed by atoms with van der Waals surface area (Å²) in [6, 6.07) is 11.8. The predicted molar refractivity (Wildman–Crippen MR) is 106 cm³/mol. The second-order valence-corrected chi connectivity index (χ2v) is 7.46. The van der Waals surface area contributed by atoms with Gasteiger partial charge in [-0.2, -0.15) is 0 Å². The zero-order valence-electron chi connectivity index (χ0n) is 15.2. The Hall–Kier alpha value is -2.53. The van der Waals surface area contributed by atoms with Crippen LogP contribution in [0.4, 0.5) is 0 Å². The van der Waals surface area contributed by atoms with Gasteiger partial charge in [-0.25, -0.2) is 4.98 Å². The highest BCUT2D eigenvalue weighted by atomic mass is 35.5. The monoisotopic (exact) mass is 383 g/mol. The molecule has 3 aromatic rings. The molecule has 0 aliphatic carbocycles. The van der Waals surface area contributed by atoms with Crippen LogP contribution < -0.4 is 10.1 Å². The van der Waals surface area contributed by atoms with E-state index in [9.17, 15) is 4.79 Å². The van der Waals surface area contributed by atoms with Crippen LogP contribution in [-0.4, -0.2) is 28.5 Å². The Kier molecular flexibility index (Phi) is 5.03. The number of hydrogen-bond donors (Lipinski definition) is 2. The molecule has 0 saturated carbocycles. The molecule has 0 bridgehead atoms. The smallest absolute Gasteiger partial charge is 0.220 e. The van der Waals surface area contributed by atoms with Gasteiger partial charge in [0, 0.05) is 30.8 Å². The first-order chi connectivity index (χ1) is 13.1. The van der Waals surface area contributed by atoms with Crippen molar-refractivity contribution < 1.29 is 9.53 Å². The summed E-state index contributed by atoms with van der Waals surface area (Å²) in [6.45, 7) is 2.63. The zero-order chi connectivity index (χ0) is 18.8. The van der Waals surface area contributed by atoms with Crippen molar-refractivity contribution in [2.45, 2.75) is 38.7 Å². The minimum Gasteiger partial charge on any atom is -0.490 e. The SMILES string of the molecule is C[C@H]1Cc2cc(CCC(=O)NCCc3nc4ccc(Cl)cc4[nH]3)ccc2O1. The van der Waals surface area contributed by atoms with Crippen molar-refractivity contribution in [3.05, 3.63) is 58.4 Å². The summed E-state index contributed by atoms with van der Waals surface area (Å²) in [5, 5.41) is 3.65. The molecule has 1 amide bonds. The van der Waals surface area contributed by atoms with E-state index >= 15 is 0 Å². The van der Waals surface area contributed by atoms with Crippen molar-refractivity contribution in [1.29, 1.82) is 0 Å². The third kappa shape index (κ3) is 4.25. The maximum absolute atomic E-state index is 12.1. The molecule has 27 heavy (non-hydrogen) atoms. The van der Waals surface area contributed by atoms with E-state index in [1.165, 1.54) is 11.1 Å². The molecule has 140 valence electrons. The van der Waals surface area contributed by atoms with Crippen LogP contribution in [0.3, 0.4) is 0 Å². The third-order valence-electron chi connectivity index (χ3n) is 4.78. The Labute approximate surface area is 163 Å². The lowest BCUT2D eigenvalue weighted by Gasteiger charge is -2.06. The molecular formula is C21H22ClN3O2. The molecule has 0 spiro atoms. The van der Waals surface area contributed by atoms with E-state index in [-0.39, 0.29) is 12.0 Å². The predicted octanol–water partition coefficient (Wildman–Crippen LogP) is 3.83. The molecule has 4 rings (SSSR count). The number of hydrogen-bond acceptors (Lipinski definition) is 3. The first-order valence-electron chi connectivity index (χ1n) is 9.26. The highest BCUT2D eigenvalue weighted by molar-refractivity contribution is 6.31. The second kappa shape index (κ2) is 7.61. The Bertz CT molecular complexity index is 983. The van der Waals surface area contributed by atoms with Crippen LogP contribution in [0.25, 0.3) is 11.0 Å². The number of H-pyrrole nitrogens is 1. The van der Waals surface area contributed by atoms with Crippen LogP contribution in [0.2, 0.25) is 5.02 Å². The van der Waals surface area contributed by atoms with Crippen molar-refractivity contribution in [2.75, 3.05) is 6.54 Å². The van der Waals surface area contributed by atoms with Crippen molar-refractivity contribution >= 4 is 28.5 Å². The number of halogens is 1. The fraction of sp³-hybridized carbons (Fsp3) is 0.333. The van der Waals surface area contributed by atoms with E-state index < -0.39 is 0 Å². The first-order valence-corrected chi connectivity index (χ1v) is 9.64. The summed E-state index contributed by atoms with van der Waals surface area (Å²) < 4.78 is 5.72. The first kappa shape index (κ1) is 17.9. The molecular weight excluding hydrogens is 362 g/mol. The molecule has 0 radical (unpaired) electrons. The van der Waals surface area contributed by atoms with Gasteiger partial charge in [-0.15, -0.1) is 0 Å². The number of fused-ring (bicyclic) bond motifs is 2. The minimum atomic E-state index is 0.0549. The average Bonchev–Trinajstić information content (AvgIpc) is 3.20. The van der Waals surface area contributed by atoms with Gasteiger partial charge >= 0.3 is 0 Å². The molecule has 0 fully saturated rings. The quantitative estimate of drug-likeness (QED) is 0.679. The van der Waals surface area contributed by atoms with Crippen LogP contribution in [0.15, 0.2) is 36.4 Å². The molecule has 2 heterocycles. The van der Waals surface area contributed by atoms with Crippen molar-refractivity contribution in [3.63, 3.8) is 0 Å². The third-order valence-corrected chi connectivity index (χ3v) is 5.01. The fourth-order valence-corrected chi connectivity index (χ4v) is 3.62. The van der Waals surface area contributed by atoms with Crippen molar-refractivity contribution in [1.82, 2.24) is 15.3 Å². The van der Waals surface area contributed by atoms with E-state index in [2.05, 4.69) is 28.3 Å². The van der Waals surface area contributed by atoms with Crippen LogP contribution in [0.1, 0.15) is 30.3 Å². The Morgan fingerprint density at radius 1 is 1.30 bits per heavy atom. The summed E-state index contributed by atoms with van der Waals surface area (Å²) >= 11 is 5.99. The van der Waals surface area contributed by atoms with Crippen LogP contribution >= 0.6 is 11.6 Å². The summed E-state index contributed by atoms with van der Waals surface area (Å²) in [7, 11) is 0. The van der Waals surface area contributed by atoms with Gasteiger partial charge in [0.05, 0.1) is 11.0 Å². The molecule has 1 atom stereocenters. The Morgan fingerprint density at radius 3 is 3.07 bits per heavy atom. The van der Waals surface area contributed by atoms with Gasteiger partial charge < -0.3 is 15.0 Å². The molecule has 0 saturated heterocycles. The molecule has 6 heteroatoms. The zero-order valence-corrected chi connectivity index (χ0v) is 16.0. The number of aryl methyl sites for hydroxylation is 1. The highest BCUT2D eigenvalue weighted by Crippen LogP contribution is 2.29. The van der Waals surface area contributed by atoms with Gasteiger partial charge in [-0.3, -0.25) is 4.79 Å². The largest absolute Gasteiger partial charge is 0.490 e. The number of aromatic amines is 1. The fourth-order valence-electron chi connectivity index (χ4n) is 3.45. The van der Waals surface area contributed by atoms with E-state index in [1.807, 2.05) is 30.3 Å². The number of nitrogens with one attached hydrogen (secondary N) is 2. The second-order valence-electron chi connectivity index (χ2n) is 7.02. The molecule has 1 aliphatic rings. The van der Waals surface area contributed by atoms with E-state index in [0.717, 1.165) is 35.4 Å². The molecule has 0 unspecified atom stereocenters. The number of ether oxygens (including phenoxy) is 1. The standard InChI is InChI=1S/C21H22ClN3O2/c1-13-10-15-11-14(2-6-19(15)27-13)3-7-21(26)23-9-8-20-24-17-5-4-16(22)12-18(17)25-20/h2,4-6,11-13H,3,7-10H2,1H3,(H,23,26)(H,24,25)/t13-/m0/s1. The Morgan fingerprint density at radius 2 is 2.19 bits per heavy atom. The van der Waals surface area contributed by atoms with Gasteiger partial charge in [-0.05, 0) is 48.7 Å². The van der Waals surface area contributed by atoms with E-state index in [1.54, 1.807) is 0 Å². The molecule has 5 nitrogen and oxygen atoms in total. The maximum Gasteiger partial charge on any atom is 0.220 e. The number of nitrogens with zero attached hydrogens (tertiary/aromatic N) is 1. The van der Waals surface area contributed by atoms with Gasteiger partial charge in [0.2, 0.25) is 5.91 Å². The van der Waals surface area contributed by atoms with E-state index in [0.29, 0.717) is 24.4 Å². The Balaban J connectivity index is 1.24. The number of carbonyl (C=O) groups excluding carboxylic acids is 1. The number of carbonyl (C=O) groups is 1. The van der Waals surface area contributed by atoms with Gasteiger partial charge in [0.15, 0.2) is 0 Å². The summed E-state index contributed by atoms with van der Waals surface area (Å²) in [5.74, 6) is 1.88. The summed E-state index contributed by atoms with van der Waals surface area (Å²) in [4.78, 5) is 19.9. The van der Waals surface area contributed by atoms with Gasteiger partial charge in [-0.1, -0.05) is 23.7 Å². The average molecular weight is 384 g/mol. The lowest BCUT2D eigenvalue weighted by atomic mass is 10.0. The summed E-state index contributed by atoms with van der Waals surface area (Å²) in [5.41, 5.74) is 4.22. The normalized spacial score (nSPS) is 15.6. The number of benzene rings is 2. The van der Waals surface area contributed by atoms with Gasteiger partial charge in [0.1, 0.15) is 17.7 Å².